The first kappa shape index (κ1) is 14.6. The highest BCUT2D eigenvalue weighted by Gasteiger charge is 2.28. The van der Waals surface area contributed by atoms with Gasteiger partial charge in [0.1, 0.15) is 12.6 Å². The smallest absolute Gasteiger partial charge is 0.333 e. The van der Waals surface area contributed by atoms with Crippen LogP contribution in [0.25, 0.3) is 0 Å². The third kappa shape index (κ3) is 4.43. The molecule has 0 saturated carbocycles. The SMILES string of the molecule is CC1(CCC=O)C=C(C(=O)OCCC=O)CCC1. The van der Waals surface area contributed by atoms with Gasteiger partial charge in [-0.3, -0.25) is 0 Å². The van der Waals surface area contributed by atoms with Crippen LogP contribution in [0.1, 0.15) is 45.4 Å². The molecular formula is C14H20O4. The van der Waals surface area contributed by atoms with Crippen LogP contribution in [0, 0.1) is 5.41 Å². The predicted octanol–water partition coefficient (Wildman–Crippen LogP) is 2.21. The minimum atomic E-state index is -0.325. The standard InChI is InChI=1S/C14H20O4/c1-14(7-3-8-15)6-2-5-12(11-14)13(17)18-10-4-9-16/h8-9,11H,2-7,10H2,1H3. The van der Waals surface area contributed by atoms with Gasteiger partial charge in [-0.05, 0) is 31.1 Å². The molecule has 1 rings (SSSR count). The van der Waals surface area contributed by atoms with E-state index in [4.69, 9.17) is 4.74 Å². The summed E-state index contributed by atoms with van der Waals surface area (Å²) < 4.78 is 5.01. The highest BCUT2D eigenvalue weighted by Crippen LogP contribution is 2.37. The fraction of sp³-hybridized carbons (Fsp3) is 0.643. The quantitative estimate of drug-likeness (QED) is 0.396. The Kier molecular flexibility index (Phi) is 5.75. The number of allylic oxidation sites excluding steroid dienone is 1. The molecule has 0 amide bonds. The molecule has 1 atom stereocenters. The zero-order valence-electron chi connectivity index (χ0n) is 10.8. The van der Waals surface area contributed by atoms with Crippen molar-refractivity contribution in [3.63, 3.8) is 0 Å². The lowest BCUT2D eigenvalue weighted by Crippen LogP contribution is -2.22. The molecule has 0 aromatic carbocycles. The van der Waals surface area contributed by atoms with Crippen LogP contribution in [0.15, 0.2) is 11.6 Å². The van der Waals surface area contributed by atoms with Gasteiger partial charge in [0.25, 0.3) is 0 Å². The van der Waals surface area contributed by atoms with Gasteiger partial charge in [-0.15, -0.1) is 0 Å². The maximum absolute atomic E-state index is 11.8. The normalized spacial score (nSPS) is 23.1. The van der Waals surface area contributed by atoms with E-state index in [-0.39, 0.29) is 24.4 Å². The summed E-state index contributed by atoms with van der Waals surface area (Å²) in [6.07, 6.45) is 7.76. The molecule has 0 aromatic rings. The van der Waals surface area contributed by atoms with Crippen LogP contribution in [-0.4, -0.2) is 25.1 Å². The average Bonchev–Trinajstić information content (AvgIpc) is 2.37. The van der Waals surface area contributed by atoms with Crippen molar-refractivity contribution in [2.45, 2.75) is 45.4 Å². The predicted molar refractivity (Wildman–Crippen MR) is 67.0 cm³/mol. The molecule has 1 aliphatic carbocycles. The summed E-state index contributed by atoms with van der Waals surface area (Å²) in [5.41, 5.74) is 0.596. The first-order chi connectivity index (χ1) is 8.61. The number of ether oxygens (including phenoxy) is 1. The number of carbonyl (C=O) groups excluding carboxylic acids is 3. The third-order valence-corrected chi connectivity index (χ3v) is 3.28. The van der Waals surface area contributed by atoms with Crippen LogP contribution in [0.4, 0.5) is 0 Å². The van der Waals surface area contributed by atoms with Crippen LogP contribution in [-0.2, 0) is 19.1 Å². The van der Waals surface area contributed by atoms with Crippen molar-refractivity contribution >= 4 is 18.5 Å². The molecule has 100 valence electrons. The van der Waals surface area contributed by atoms with E-state index in [1.165, 1.54) is 0 Å². The van der Waals surface area contributed by atoms with Crippen molar-refractivity contribution in [3.05, 3.63) is 11.6 Å². The molecule has 0 bridgehead atoms. The maximum atomic E-state index is 11.8. The Morgan fingerprint density at radius 3 is 2.78 bits per heavy atom. The fourth-order valence-corrected chi connectivity index (χ4v) is 2.29. The van der Waals surface area contributed by atoms with Crippen molar-refractivity contribution in [2.75, 3.05) is 6.61 Å². The second kappa shape index (κ2) is 7.09. The van der Waals surface area contributed by atoms with Crippen molar-refractivity contribution in [1.29, 1.82) is 0 Å². The van der Waals surface area contributed by atoms with E-state index in [2.05, 4.69) is 6.92 Å². The summed E-state index contributed by atoms with van der Waals surface area (Å²) in [5, 5.41) is 0. The first-order valence-corrected chi connectivity index (χ1v) is 6.37. The molecule has 0 heterocycles. The van der Waals surface area contributed by atoms with Crippen molar-refractivity contribution in [3.8, 4) is 0 Å². The number of rotatable bonds is 7. The van der Waals surface area contributed by atoms with Gasteiger partial charge in [-0.25, -0.2) is 4.79 Å². The summed E-state index contributed by atoms with van der Waals surface area (Å²) in [4.78, 5) is 32.3. The van der Waals surface area contributed by atoms with Gasteiger partial charge in [0.05, 0.1) is 6.61 Å². The van der Waals surface area contributed by atoms with E-state index in [0.29, 0.717) is 12.0 Å². The molecule has 0 spiro atoms. The minimum Gasteiger partial charge on any atom is -0.462 e. The van der Waals surface area contributed by atoms with Crippen LogP contribution in [0.5, 0.6) is 0 Å². The summed E-state index contributed by atoms with van der Waals surface area (Å²) in [6, 6.07) is 0. The van der Waals surface area contributed by atoms with E-state index in [0.717, 1.165) is 38.3 Å². The van der Waals surface area contributed by atoms with Crippen LogP contribution >= 0.6 is 0 Å². The lowest BCUT2D eigenvalue weighted by atomic mass is 9.75. The van der Waals surface area contributed by atoms with Crippen molar-refractivity contribution < 1.29 is 19.1 Å². The highest BCUT2D eigenvalue weighted by molar-refractivity contribution is 5.88. The van der Waals surface area contributed by atoms with Gasteiger partial charge in [-0.2, -0.15) is 0 Å². The molecule has 0 aliphatic heterocycles. The number of esters is 1. The molecule has 0 radical (unpaired) electrons. The average molecular weight is 252 g/mol. The summed E-state index contributed by atoms with van der Waals surface area (Å²) in [5.74, 6) is -0.325. The molecule has 4 nitrogen and oxygen atoms in total. The van der Waals surface area contributed by atoms with Crippen LogP contribution < -0.4 is 0 Å². The number of carbonyl (C=O) groups is 3. The van der Waals surface area contributed by atoms with Crippen LogP contribution in [0.2, 0.25) is 0 Å². The zero-order valence-corrected chi connectivity index (χ0v) is 10.8. The molecule has 0 saturated heterocycles. The third-order valence-electron chi connectivity index (χ3n) is 3.28. The Labute approximate surface area is 107 Å². The van der Waals surface area contributed by atoms with Gasteiger partial charge >= 0.3 is 5.97 Å². The lowest BCUT2D eigenvalue weighted by molar-refractivity contribution is -0.139. The monoisotopic (exact) mass is 252 g/mol. The Morgan fingerprint density at radius 1 is 1.39 bits per heavy atom. The fourth-order valence-electron chi connectivity index (χ4n) is 2.29. The largest absolute Gasteiger partial charge is 0.462 e. The summed E-state index contributed by atoms with van der Waals surface area (Å²) in [6.45, 7) is 2.21. The van der Waals surface area contributed by atoms with Crippen molar-refractivity contribution in [2.24, 2.45) is 5.41 Å². The second-order valence-corrected chi connectivity index (χ2v) is 4.97. The molecule has 0 N–H and O–H groups in total. The van der Waals surface area contributed by atoms with Gasteiger partial charge in [0.15, 0.2) is 0 Å². The molecule has 4 heteroatoms. The molecule has 0 fully saturated rings. The van der Waals surface area contributed by atoms with E-state index < -0.39 is 0 Å². The number of hydrogen-bond acceptors (Lipinski definition) is 4. The Hall–Kier alpha value is -1.45. The number of hydrogen-bond donors (Lipinski definition) is 0. The number of aldehydes is 2. The van der Waals surface area contributed by atoms with Gasteiger partial charge in [0.2, 0.25) is 0 Å². The van der Waals surface area contributed by atoms with E-state index >= 15 is 0 Å². The molecule has 18 heavy (non-hydrogen) atoms. The van der Waals surface area contributed by atoms with Crippen molar-refractivity contribution in [1.82, 2.24) is 0 Å². The Bertz CT molecular complexity index is 346. The van der Waals surface area contributed by atoms with Crippen LogP contribution in [0.3, 0.4) is 0 Å². The molecule has 0 aromatic heterocycles. The second-order valence-electron chi connectivity index (χ2n) is 4.97. The first-order valence-electron chi connectivity index (χ1n) is 6.37. The van der Waals surface area contributed by atoms with Gasteiger partial charge < -0.3 is 14.3 Å². The van der Waals surface area contributed by atoms with Gasteiger partial charge in [-0.1, -0.05) is 13.0 Å². The van der Waals surface area contributed by atoms with E-state index in [1.54, 1.807) is 0 Å². The zero-order chi connectivity index (χ0) is 13.4. The highest BCUT2D eigenvalue weighted by atomic mass is 16.5. The molecule has 1 unspecified atom stereocenters. The lowest BCUT2D eigenvalue weighted by Gasteiger charge is -2.30. The molecule has 1 aliphatic rings. The van der Waals surface area contributed by atoms with E-state index in [1.807, 2.05) is 6.08 Å². The Balaban J connectivity index is 2.60. The topological polar surface area (TPSA) is 60.4 Å². The molecular weight excluding hydrogens is 232 g/mol. The Morgan fingerprint density at radius 2 is 2.11 bits per heavy atom. The summed E-state index contributed by atoms with van der Waals surface area (Å²) in [7, 11) is 0. The summed E-state index contributed by atoms with van der Waals surface area (Å²) >= 11 is 0. The van der Waals surface area contributed by atoms with E-state index in [9.17, 15) is 14.4 Å². The van der Waals surface area contributed by atoms with Gasteiger partial charge in [0, 0.05) is 18.4 Å². The minimum absolute atomic E-state index is 0.0851. The maximum Gasteiger partial charge on any atom is 0.333 e.